The van der Waals surface area contributed by atoms with Gasteiger partial charge >= 0.3 is 6.18 Å². The van der Waals surface area contributed by atoms with Crippen molar-refractivity contribution in [3.8, 4) is 17.1 Å². The molecule has 4 rings (SSSR count). The number of phenolic OH excluding ortho intramolecular Hbond substituents is 1. The molecule has 7 nitrogen and oxygen atoms in total. The number of phenols is 1. The molecule has 0 spiro atoms. The molecule has 12 heteroatoms. The summed E-state index contributed by atoms with van der Waals surface area (Å²) in [6.45, 7) is 2.49. The zero-order valence-corrected chi connectivity index (χ0v) is 23.8. The topological polar surface area (TPSA) is 101 Å². The highest BCUT2D eigenvalue weighted by Crippen LogP contribution is 2.36. The third-order valence-electron chi connectivity index (χ3n) is 6.57. The summed E-state index contributed by atoms with van der Waals surface area (Å²) < 4.78 is 68.4. The molecule has 1 aromatic heterocycles. The molecule has 0 atom stereocenters. The van der Waals surface area contributed by atoms with Crippen LogP contribution in [0.1, 0.15) is 42.3 Å². The van der Waals surface area contributed by atoms with Crippen LogP contribution < -0.4 is 5.14 Å². The molecule has 0 unspecified atom stereocenters. The number of unbranched alkanes of at least 4 members (excludes halogenated alkanes) is 1. The van der Waals surface area contributed by atoms with Crippen molar-refractivity contribution in [2.45, 2.75) is 57.0 Å². The molecule has 0 saturated carbocycles. The average Bonchev–Trinajstić information content (AvgIpc) is 3.27. The fourth-order valence-electron chi connectivity index (χ4n) is 4.57. The molecule has 0 aliphatic rings. The fraction of sp³-hybridized carbons (Fsp3) is 0.276. The smallest absolute Gasteiger partial charge is 0.435 e. The number of hydrogen-bond acceptors (Lipinski definition) is 5. The van der Waals surface area contributed by atoms with Crippen LogP contribution in [0.3, 0.4) is 0 Å². The molecule has 0 saturated heterocycles. The van der Waals surface area contributed by atoms with Crippen LogP contribution in [0.15, 0.2) is 77.7 Å². The zero-order valence-electron chi connectivity index (χ0n) is 22.3. The van der Waals surface area contributed by atoms with Gasteiger partial charge in [0.05, 0.1) is 10.6 Å². The molecule has 4 aromatic rings. The van der Waals surface area contributed by atoms with Crippen molar-refractivity contribution in [3.63, 3.8) is 0 Å². The molecule has 0 radical (unpaired) electrons. The third kappa shape index (κ3) is 7.68. The van der Waals surface area contributed by atoms with E-state index in [4.69, 9.17) is 16.7 Å². The second-order valence-corrected chi connectivity index (χ2v) is 11.7. The van der Waals surface area contributed by atoms with Gasteiger partial charge in [-0.15, -0.1) is 0 Å². The van der Waals surface area contributed by atoms with E-state index in [1.807, 2.05) is 6.92 Å². The van der Waals surface area contributed by atoms with Crippen LogP contribution in [0.4, 0.5) is 13.2 Å². The third-order valence-corrected chi connectivity index (χ3v) is 7.85. The lowest BCUT2D eigenvalue weighted by molar-refractivity contribution is -0.141. The number of halogens is 4. The maximum atomic E-state index is 14.4. The first-order valence-electron chi connectivity index (χ1n) is 12.9. The van der Waals surface area contributed by atoms with Gasteiger partial charge in [-0.1, -0.05) is 73.5 Å². The molecule has 3 aromatic carbocycles. The fourth-order valence-corrected chi connectivity index (χ4v) is 5.32. The summed E-state index contributed by atoms with van der Waals surface area (Å²) in [5.41, 5.74) is 0.887. The summed E-state index contributed by atoms with van der Waals surface area (Å²) in [7, 11) is -3.91. The van der Waals surface area contributed by atoms with Crippen LogP contribution in [-0.2, 0) is 42.4 Å². The Morgan fingerprint density at radius 2 is 1.68 bits per heavy atom. The average molecular weight is 607 g/mol. The van der Waals surface area contributed by atoms with Gasteiger partial charge in [0, 0.05) is 36.8 Å². The van der Waals surface area contributed by atoms with Gasteiger partial charge in [-0.2, -0.15) is 13.2 Å². The van der Waals surface area contributed by atoms with Crippen molar-refractivity contribution in [1.29, 1.82) is 0 Å². The first-order chi connectivity index (χ1) is 19.4. The molecule has 218 valence electrons. The van der Waals surface area contributed by atoms with Crippen LogP contribution in [0, 0.1) is 0 Å². The van der Waals surface area contributed by atoms with Gasteiger partial charge in [-0.3, -0.25) is 4.90 Å². The van der Waals surface area contributed by atoms with Crippen molar-refractivity contribution in [2.75, 3.05) is 0 Å². The predicted molar refractivity (Wildman–Crippen MR) is 151 cm³/mol. The predicted octanol–water partition coefficient (Wildman–Crippen LogP) is 6.58. The zero-order chi connectivity index (χ0) is 29.8. The Labute approximate surface area is 242 Å². The van der Waals surface area contributed by atoms with E-state index in [2.05, 4.69) is 4.98 Å². The molecule has 1 heterocycles. The Morgan fingerprint density at radius 1 is 1.00 bits per heavy atom. The lowest BCUT2D eigenvalue weighted by atomic mass is 10.1. The number of aromatic nitrogens is 2. The highest BCUT2D eigenvalue weighted by atomic mass is 35.5. The summed E-state index contributed by atoms with van der Waals surface area (Å²) in [6, 6.07) is 19.1. The van der Waals surface area contributed by atoms with Gasteiger partial charge in [-0.25, -0.2) is 18.5 Å². The molecular weight excluding hydrogens is 577 g/mol. The molecule has 0 bridgehead atoms. The summed E-state index contributed by atoms with van der Waals surface area (Å²) in [4.78, 5) is 5.81. The molecular formula is C29H30ClF3N4O3S. The normalized spacial score (nSPS) is 12.3. The molecule has 3 N–H and O–H groups in total. The van der Waals surface area contributed by atoms with Gasteiger partial charge in [0.1, 0.15) is 11.6 Å². The minimum absolute atomic E-state index is 0.0147. The number of alkyl halides is 3. The van der Waals surface area contributed by atoms with Crippen LogP contribution in [-0.4, -0.2) is 28.0 Å². The standard InChI is InChI=1S/C29H30ClF3N4O3S/c1-2-3-15-37-26(27(29(31,32)33)35-28(37)21-7-5-4-6-8-21)19-36(18-22-11-12-23(38)16-25(22)30)17-20-9-13-24(14-10-20)41(34,39)40/h4-14,16,38H,2-3,15,17-19H2,1H3,(H2,34,39,40). The van der Waals surface area contributed by atoms with Crippen molar-refractivity contribution in [2.24, 2.45) is 5.14 Å². The van der Waals surface area contributed by atoms with E-state index in [-0.39, 0.29) is 46.8 Å². The van der Waals surface area contributed by atoms with E-state index in [0.29, 0.717) is 29.7 Å². The van der Waals surface area contributed by atoms with E-state index in [9.17, 15) is 26.7 Å². The minimum Gasteiger partial charge on any atom is -0.508 e. The van der Waals surface area contributed by atoms with Gasteiger partial charge in [0.2, 0.25) is 10.0 Å². The lowest BCUT2D eigenvalue weighted by Gasteiger charge is -2.25. The van der Waals surface area contributed by atoms with E-state index >= 15 is 0 Å². The number of rotatable bonds is 11. The maximum absolute atomic E-state index is 14.4. The van der Waals surface area contributed by atoms with Crippen molar-refractivity contribution >= 4 is 21.6 Å². The highest BCUT2D eigenvalue weighted by Gasteiger charge is 2.39. The van der Waals surface area contributed by atoms with E-state index in [1.54, 1.807) is 58.0 Å². The monoisotopic (exact) mass is 606 g/mol. The van der Waals surface area contributed by atoms with Gasteiger partial charge in [0.15, 0.2) is 5.69 Å². The number of nitrogens with zero attached hydrogens (tertiary/aromatic N) is 3. The van der Waals surface area contributed by atoms with Crippen molar-refractivity contribution in [3.05, 3.63) is 100 Å². The second-order valence-electron chi connectivity index (χ2n) is 9.71. The van der Waals surface area contributed by atoms with Crippen LogP contribution in [0.2, 0.25) is 5.02 Å². The first-order valence-corrected chi connectivity index (χ1v) is 14.8. The Bertz CT molecular complexity index is 1590. The molecule has 0 aliphatic heterocycles. The minimum atomic E-state index is -4.70. The van der Waals surface area contributed by atoms with Crippen LogP contribution >= 0.6 is 11.6 Å². The largest absolute Gasteiger partial charge is 0.508 e. The van der Waals surface area contributed by atoms with Crippen molar-refractivity contribution < 1.29 is 26.7 Å². The van der Waals surface area contributed by atoms with Crippen molar-refractivity contribution in [1.82, 2.24) is 14.5 Å². The number of sulfonamides is 1. The van der Waals surface area contributed by atoms with E-state index in [0.717, 1.165) is 6.42 Å². The number of aromatic hydroxyl groups is 1. The Balaban J connectivity index is 1.81. The van der Waals surface area contributed by atoms with Gasteiger partial charge < -0.3 is 9.67 Å². The van der Waals surface area contributed by atoms with Gasteiger partial charge in [-0.05, 0) is 41.8 Å². The number of imidazole rings is 1. The summed E-state index contributed by atoms with van der Waals surface area (Å²) in [5, 5.41) is 15.3. The van der Waals surface area contributed by atoms with Gasteiger partial charge in [0.25, 0.3) is 0 Å². The Hall–Kier alpha value is -3.38. The SMILES string of the molecule is CCCCn1c(-c2ccccc2)nc(C(F)(F)F)c1CN(Cc1ccc(S(N)(=O)=O)cc1)Cc1ccc(O)cc1Cl. The Kier molecular flexibility index (Phi) is 9.43. The molecule has 0 fully saturated rings. The number of hydrogen-bond donors (Lipinski definition) is 2. The highest BCUT2D eigenvalue weighted by molar-refractivity contribution is 7.89. The van der Waals surface area contributed by atoms with E-state index in [1.165, 1.54) is 24.3 Å². The summed E-state index contributed by atoms with van der Waals surface area (Å²) >= 11 is 6.37. The Morgan fingerprint density at radius 3 is 2.27 bits per heavy atom. The van der Waals surface area contributed by atoms with Crippen LogP contribution in [0.25, 0.3) is 11.4 Å². The number of nitrogens with two attached hydrogens (primary N) is 1. The first kappa shape index (κ1) is 30.6. The quantitative estimate of drug-likeness (QED) is 0.201. The maximum Gasteiger partial charge on any atom is 0.435 e. The lowest BCUT2D eigenvalue weighted by Crippen LogP contribution is -2.26. The van der Waals surface area contributed by atoms with E-state index < -0.39 is 21.9 Å². The summed E-state index contributed by atoms with van der Waals surface area (Å²) in [6.07, 6.45) is -3.27. The molecule has 41 heavy (non-hydrogen) atoms. The number of benzene rings is 3. The molecule has 0 aliphatic carbocycles. The van der Waals surface area contributed by atoms with Crippen LogP contribution in [0.5, 0.6) is 5.75 Å². The number of primary sulfonamides is 1. The second kappa shape index (κ2) is 12.6. The summed E-state index contributed by atoms with van der Waals surface area (Å²) in [5.74, 6) is 0.204. The molecule has 0 amide bonds.